The van der Waals surface area contributed by atoms with Gasteiger partial charge in [-0.2, -0.15) is 0 Å². The van der Waals surface area contributed by atoms with Gasteiger partial charge in [0.25, 0.3) is 5.91 Å². The molecule has 0 spiro atoms. The number of fused-ring (bicyclic) bond motifs is 1. The van der Waals surface area contributed by atoms with Gasteiger partial charge in [0.05, 0.1) is 31.4 Å². The van der Waals surface area contributed by atoms with Crippen LogP contribution in [0, 0.1) is 11.8 Å². The van der Waals surface area contributed by atoms with E-state index in [0.717, 1.165) is 25.7 Å². The van der Waals surface area contributed by atoms with Crippen LogP contribution in [-0.4, -0.2) is 136 Å². The number of ether oxygens (including phenoxy) is 6. The highest BCUT2D eigenvalue weighted by atomic mass is 16.8. The van der Waals surface area contributed by atoms with E-state index in [4.69, 9.17) is 28.4 Å². The molecule has 0 bridgehead atoms. The molecule has 0 aromatic heterocycles. The van der Waals surface area contributed by atoms with Crippen LogP contribution in [0.25, 0.3) is 6.08 Å². The van der Waals surface area contributed by atoms with Crippen molar-refractivity contribution in [2.45, 2.75) is 139 Å². The van der Waals surface area contributed by atoms with Crippen LogP contribution >= 0.6 is 0 Å². The number of benzene rings is 2. The number of hydrogen-bond acceptors (Lipinski definition) is 15. The van der Waals surface area contributed by atoms with Crippen molar-refractivity contribution in [2.24, 2.45) is 11.8 Å². The van der Waals surface area contributed by atoms with Crippen LogP contribution in [-0.2, 0) is 44.6 Å². The van der Waals surface area contributed by atoms with Crippen molar-refractivity contribution in [1.82, 2.24) is 10.6 Å². The molecule has 2 saturated heterocycles. The number of rotatable bonds is 18. The number of aliphatic hydroxyl groups excluding tert-OH is 5. The third-order valence-corrected chi connectivity index (χ3v) is 11.9. The Bertz CT molecular complexity index is 2040. The molecule has 2 aromatic rings. The second kappa shape index (κ2) is 20.3. The molecule has 0 radical (unpaired) electrons. The smallest absolute Gasteiger partial charge is 0.338 e. The van der Waals surface area contributed by atoms with Crippen LogP contribution in [0.15, 0.2) is 66.3 Å². The van der Waals surface area contributed by atoms with Gasteiger partial charge in [-0.15, -0.1) is 0 Å². The molecule has 7 N–H and O–H groups in total. The van der Waals surface area contributed by atoms with Crippen molar-refractivity contribution >= 4 is 29.8 Å². The van der Waals surface area contributed by atoms with Gasteiger partial charge in [0.15, 0.2) is 12.1 Å². The average Bonchev–Trinajstić information content (AvgIpc) is 4.23. The highest BCUT2D eigenvalue weighted by molar-refractivity contribution is 5.95. The number of carbonyl (C=O) groups is 4. The number of amides is 2. The molecule has 348 valence electrons. The maximum atomic E-state index is 13.8. The topological polar surface area (TPSA) is 249 Å². The average molecular weight is 893 g/mol. The monoisotopic (exact) mass is 892 g/mol. The van der Waals surface area contributed by atoms with Crippen LogP contribution in [0.3, 0.4) is 0 Å². The summed E-state index contributed by atoms with van der Waals surface area (Å²) in [5.74, 6) is -2.24. The van der Waals surface area contributed by atoms with Crippen LogP contribution in [0.5, 0.6) is 0 Å². The predicted molar refractivity (Wildman–Crippen MR) is 227 cm³/mol. The summed E-state index contributed by atoms with van der Waals surface area (Å²) in [6.45, 7) is 4.36. The zero-order chi connectivity index (χ0) is 45.8. The van der Waals surface area contributed by atoms with E-state index in [1.165, 1.54) is 0 Å². The van der Waals surface area contributed by atoms with Crippen LogP contribution in [0.4, 0.5) is 0 Å². The molecule has 9 atom stereocenters. The molecular weight excluding hydrogens is 833 g/mol. The molecule has 64 heavy (non-hydrogen) atoms. The first-order chi connectivity index (χ1) is 30.6. The minimum absolute atomic E-state index is 0.0220. The van der Waals surface area contributed by atoms with Gasteiger partial charge < -0.3 is 64.6 Å². The molecule has 9 unspecified atom stereocenters. The summed E-state index contributed by atoms with van der Waals surface area (Å²) < 4.78 is 35.9. The molecule has 2 saturated carbocycles. The van der Waals surface area contributed by atoms with Crippen molar-refractivity contribution in [3.05, 3.63) is 88.5 Å². The van der Waals surface area contributed by atoms with Crippen molar-refractivity contribution < 1.29 is 73.1 Å². The number of nitrogens with one attached hydrogen (secondary N) is 2. The SMILES string of the molecule is CC(C)(C)OC(=O)CCC(CO)NC(=O)c1cccc(CNC(=O)C2=CC3OC(C4CC4)(C4CC4)OC3C(OC(=O)c3cccc(C=CCOC4OC(CO)C(O)C(O)C4O)c3)C2)c1. The summed E-state index contributed by atoms with van der Waals surface area (Å²) in [5, 5.41) is 55.3. The summed E-state index contributed by atoms with van der Waals surface area (Å²) in [4.78, 5) is 53.0. The quantitative estimate of drug-likeness (QED) is 0.106. The van der Waals surface area contributed by atoms with Crippen molar-refractivity contribution in [1.29, 1.82) is 0 Å². The lowest BCUT2D eigenvalue weighted by molar-refractivity contribution is -0.298. The Kier molecular flexibility index (Phi) is 15.0. The highest BCUT2D eigenvalue weighted by Crippen LogP contribution is 2.59. The molecule has 2 heterocycles. The zero-order valence-corrected chi connectivity index (χ0v) is 36.3. The molecule has 7 rings (SSSR count). The van der Waals surface area contributed by atoms with Crippen LogP contribution in [0.2, 0.25) is 0 Å². The Balaban J connectivity index is 0.976. The van der Waals surface area contributed by atoms with E-state index in [9.17, 15) is 44.7 Å². The summed E-state index contributed by atoms with van der Waals surface area (Å²) in [6.07, 6.45) is 0.110. The predicted octanol–water partition coefficient (Wildman–Crippen LogP) is 2.20. The molecule has 3 aliphatic carbocycles. The van der Waals surface area contributed by atoms with E-state index >= 15 is 0 Å². The number of esters is 2. The molecule has 5 aliphatic rings. The van der Waals surface area contributed by atoms with E-state index in [1.807, 2.05) is 0 Å². The maximum Gasteiger partial charge on any atom is 0.338 e. The number of hydrogen-bond donors (Lipinski definition) is 7. The van der Waals surface area contributed by atoms with E-state index in [2.05, 4.69) is 10.6 Å². The Morgan fingerprint density at radius 3 is 2.31 bits per heavy atom. The molecule has 2 amide bonds. The molecule has 17 nitrogen and oxygen atoms in total. The van der Waals surface area contributed by atoms with E-state index < -0.39 is 96.8 Å². The van der Waals surface area contributed by atoms with Gasteiger partial charge >= 0.3 is 11.9 Å². The lowest BCUT2D eigenvalue weighted by atomic mass is 9.91. The fraction of sp³-hybridized carbons (Fsp3) is 0.574. The third-order valence-electron chi connectivity index (χ3n) is 11.9. The van der Waals surface area contributed by atoms with E-state index in [0.29, 0.717) is 22.3 Å². The van der Waals surface area contributed by atoms with Crippen LogP contribution < -0.4 is 10.6 Å². The van der Waals surface area contributed by atoms with Gasteiger partial charge in [0.1, 0.15) is 48.3 Å². The fourth-order valence-electron chi connectivity index (χ4n) is 8.36. The first-order valence-corrected chi connectivity index (χ1v) is 22.0. The summed E-state index contributed by atoms with van der Waals surface area (Å²) >= 11 is 0. The second-order valence-electron chi connectivity index (χ2n) is 18.2. The Morgan fingerprint density at radius 1 is 0.906 bits per heavy atom. The first kappa shape index (κ1) is 47.4. The van der Waals surface area contributed by atoms with Crippen molar-refractivity contribution in [3.63, 3.8) is 0 Å². The second-order valence-corrected chi connectivity index (χ2v) is 18.2. The first-order valence-electron chi connectivity index (χ1n) is 22.0. The molecule has 4 fully saturated rings. The largest absolute Gasteiger partial charge is 0.460 e. The van der Waals surface area contributed by atoms with Gasteiger partial charge in [-0.25, -0.2) is 4.79 Å². The molecule has 17 heteroatoms. The fourth-order valence-corrected chi connectivity index (χ4v) is 8.36. The summed E-state index contributed by atoms with van der Waals surface area (Å²) in [7, 11) is 0. The Labute approximate surface area is 371 Å². The molecule has 2 aromatic carbocycles. The van der Waals surface area contributed by atoms with E-state index in [-0.39, 0.29) is 56.4 Å². The van der Waals surface area contributed by atoms with E-state index in [1.54, 1.807) is 87.5 Å². The minimum atomic E-state index is -1.56. The maximum absolute atomic E-state index is 13.8. The standard InChI is InChI=1S/C47H60N2O15/c1-46(2,3)63-37(52)17-16-33(24-50)49-43(57)28-10-5-8-27(20-28)23-48-42(56)30-21-34(41-35(22-30)62-47(64-41,31-12-13-31)32-14-15-32)60-44(58)29-11-4-7-26(19-29)9-6-18-59-45-40(55)39(54)38(53)36(25-51)61-45/h4-11,19-20,22,31-36,38-41,45,50-51,53-55H,12-18,21,23-25H2,1-3H3,(H,48,56)(H,49,57). The zero-order valence-electron chi connectivity index (χ0n) is 36.3. The summed E-state index contributed by atoms with van der Waals surface area (Å²) in [6, 6.07) is 12.7. The lowest BCUT2D eigenvalue weighted by Crippen LogP contribution is -2.59. The lowest BCUT2D eigenvalue weighted by Gasteiger charge is -2.39. The Hall–Kier alpha value is -4.56. The van der Waals surface area contributed by atoms with Crippen molar-refractivity contribution in [2.75, 3.05) is 19.8 Å². The summed E-state index contributed by atoms with van der Waals surface area (Å²) in [5.41, 5.74) is 1.55. The third kappa shape index (κ3) is 11.6. The van der Waals surface area contributed by atoms with Gasteiger partial charge in [-0.1, -0.05) is 36.4 Å². The highest BCUT2D eigenvalue weighted by Gasteiger charge is 2.64. The minimum Gasteiger partial charge on any atom is -0.460 e. The normalized spacial score (nSPS) is 28.2. The molecular formula is C47H60N2O15. The number of carbonyl (C=O) groups excluding carboxylic acids is 4. The Morgan fingerprint density at radius 2 is 1.62 bits per heavy atom. The van der Waals surface area contributed by atoms with Crippen LogP contribution in [0.1, 0.15) is 97.6 Å². The molecule has 2 aliphatic heterocycles. The number of aliphatic hydroxyl groups is 5. The van der Waals surface area contributed by atoms with Gasteiger partial charge in [-0.05, 0) is 94.3 Å². The van der Waals surface area contributed by atoms with Gasteiger partial charge in [-0.3, -0.25) is 14.4 Å². The van der Waals surface area contributed by atoms with Gasteiger partial charge in [0, 0.05) is 42.4 Å². The van der Waals surface area contributed by atoms with Crippen molar-refractivity contribution in [3.8, 4) is 0 Å². The van der Waals surface area contributed by atoms with Gasteiger partial charge in [0.2, 0.25) is 5.91 Å².